The van der Waals surface area contributed by atoms with E-state index in [1.165, 1.54) is 43.6 Å². The third-order valence-corrected chi connectivity index (χ3v) is 5.70. The largest absolute Gasteiger partial charge is 0.494 e. The number of rotatable bonds is 11. The van der Waals surface area contributed by atoms with Crippen LogP contribution in [0.25, 0.3) is 11.3 Å². The first kappa shape index (κ1) is 27.1. The molecule has 0 saturated heterocycles. The minimum absolute atomic E-state index is 0.101. The first-order valence-electron chi connectivity index (χ1n) is 11.3. The van der Waals surface area contributed by atoms with Crippen LogP contribution in [0, 0.1) is 11.6 Å². The van der Waals surface area contributed by atoms with Crippen molar-refractivity contribution >= 4 is 29.1 Å². The lowest BCUT2D eigenvalue weighted by molar-refractivity contribution is 0.0952. The Kier molecular flexibility index (Phi) is 9.38. The van der Waals surface area contributed by atoms with Gasteiger partial charge in [0.25, 0.3) is 11.8 Å². The molecule has 1 aromatic heterocycles. The zero-order valence-corrected chi connectivity index (χ0v) is 21.0. The number of hydrogen-bond acceptors (Lipinski definition) is 5. The molecule has 0 aliphatic carbocycles. The summed E-state index contributed by atoms with van der Waals surface area (Å²) in [6.07, 6.45) is 4.15. The summed E-state index contributed by atoms with van der Waals surface area (Å²) in [6, 6.07) is 7.10. The van der Waals surface area contributed by atoms with Gasteiger partial charge in [0.05, 0.1) is 29.6 Å². The maximum atomic E-state index is 14.3. The van der Waals surface area contributed by atoms with E-state index in [4.69, 9.17) is 16.3 Å². The zero-order valence-electron chi connectivity index (χ0n) is 20.3. The van der Waals surface area contributed by atoms with Gasteiger partial charge in [0.15, 0.2) is 17.4 Å². The van der Waals surface area contributed by atoms with Crippen molar-refractivity contribution in [3.05, 3.63) is 64.6 Å². The normalized spacial score (nSPS) is 11.0. The second-order valence-electron chi connectivity index (χ2n) is 8.36. The maximum Gasteiger partial charge on any atom is 0.291 e. The van der Waals surface area contributed by atoms with Crippen LogP contribution in [0.5, 0.6) is 5.75 Å². The van der Waals surface area contributed by atoms with Crippen LogP contribution in [-0.2, 0) is 0 Å². The molecular formula is C25H28ClF2N5O3. The van der Waals surface area contributed by atoms with Gasteiger partial charge in [-0.25, -0.2) is 9.37 Å². The molecule has 3 aromatic rings. The van der Waals surface area contributed by atoms with E-state index < -0.39 is 17.5 Å². The quantitative estimate of drug-likeness (QED) is 0.318. The highest BCUT2D eigenvalue weighted by Crippen LogP contribution is 2.29. The Balaban J connectivity index is 1.59. The van der Waals surface area contributed by atoms with Crippen LogP contribution >= 0.6 is 11.6 Å². The summed E-state index contributed by atoms with van der Waals surface area (Å²) >= 11 is 6.26. The van der Waals surface area contributed by atoms with E-state index in [1.807, 2.05) is 14.1 Å². The van der Waals surface area contributed by atoms with E-state index in [0.717, 1.165) is 25.8 Å². The highest BCUT2D eigenvalue weighted by molar-refractivity contribution is 6.34. The molecule has 0 spiro atoms. The van der Waals surface area contributed by atoms with Crippen LogP contribution < -0.4 is 15.4 Å². The number of halogens is 3. The van der Waals surface area contributed by atoms with Crippen molar-refractivity contribution in [3.8, 4) is 17.0 Å². The molecule has 0 aliphatic rings. The van der Waals surface area contributed by atoms with E-state index in [2.05, 4.69) is 25.5 Å². The number of benzene rings is 2. The molecule has 11 heteroatoms. The van der Waals surface area contributed by atoms with Crippen molar-refractivity contribution in [1.82, 2.24) is 20.2 Å². The molecule has 192 valence electrons. The predicted octanol–water partition coefficient (Wildman–Crippen LogP) is 4.73. The number of imidazole rings is 1. The summed E-state index contributed by atoms with van der Waals surface area (Å²) in [5.74, 6) is -3.54. The monoisotopic (exact) mass is 519 g/mol. The van der Waals surface area contributed by atoms with Crippen molar-refractivity contribution in [1.29, 1.82) is 0 Å². The molecule has 0 unspecified atom stereocenters. The van der Waals surface area contributed by atoms with Crippen molar-refractivity contribution < 1.29 is 23.1 Å². The Morgan fingerprint density at radius 1 is 1.08 bits per heavy atom. The van der Waals surface area contributed by atoms with Crippen molar-refractivity contribution in [3.63, 3.8) is 0 Å². The third-order valence-electron chi connectivity index (χ3n) is 5.39. The Morgan fingerprint density at radius 2 is 1.86 bits per heavy atom. The van der Waals surface area contributed by atoms with Gasteiger partial charge in [0, 0.05) is 17.8 Å². The Labute approximate surface area is 213 Å². The first-order chi connectivity index (χ1) is 17.2. The van der Waals surface area contributed by atoms with Gasteiger partial charge in [-0.05, 0) is 63.8 Å². The second kappa shape index (κ2) is 12.5. The smallest absolute Gasteiger partial charge is 0.291 e. The predicted molar refractivity (Wildman–Crippen MR) is 135 cm³/mol. The molecule has 0 aliphatic heterocycles. The van der Waals surface area contributed by atoms with E-state index >= 15 is 0 Å². The summed E-state index contributed by atoms with van der Waals surface area (Å²) in [5.41, 5.74) is 0.645. The number of unbranched alkanes of at least 4 members (excludes halogenated alkanes) is 2. The number of H-pyrrole nitrogens is 1. The van der Waals surface area contributed by atoms with E-state index in [-0.39, 0.29) is 33.8 Å². The second-order valence-corrected chi connectivity index (χ2v) is 8.76. The van der Waals surface area contributed by atoms with Gasteiger partial charge in [-0.3, -0.25) is 9.59 Å². The lowest BCUT2D eigenvalue weighted by atomic mass is 10.1. The Hall–Kier alpha value is -3.50. The number of hydrogen-bond donors (Lipinski definition) is 3. The number of nitrogens with one attached hydrogen (secondary N) is 3. The minimum atomic E-state index is -1.14. The Bertz CT molecular complexity index is 1230. The number of anilines is 1. The SMILES string of the molecule is COc1ccc(-c2cnc(C(=O)Nc3ccc(C(=O)NCCCCCN(C)C)c(Cl)c3)[nH]2)c(F)c1F. The van der Waals surface area contributed by atoms with Gasteiger partial charge in [-0.15, -0.1) is 0 Å². The molecule has 0 radical (unpaired) electrons. The molecule has 0 atom stereocenters. The van der Waals surface area contributed by atoms with Crippen LogP contribution in [0.3, 0.4) is 0 Å². The fourth-order valence-corrected chi connectivity index (χ4v) is 3.73. The third kappa shape index (κ3) is 6.79. The fourth-order valence-electron chi connectivity index (χ4n) is 3.47. The molecule has 1 heterocycles. The molecule has 3 rings (SSSR count). The summed E-state index contributed by atoms with van der Waals surface area (Å²) < 4.78 is 33.1. The number of amides is 2. The molecule has 2 amide bonds. The highest BCUT2D eigenvalue weighted by atomic mass is 35.5. The average molecular weight is 520 g/mol. The number of ether oxygens (including phenoxy) is 1. The topological polar surface area (TPSA) is 99.3 Å². The number of carbonyl (C=O) groups excluding carboxylic acids is 2. The van der Waals surface area contributed by atoms with Gasteiger partial charge in [0.1, 0.15) is 0 Å². The van der Waals surface area contributed by atoms with Gasteiger partial charge >= 0.3 is 0 Å². The van der Waals surface area contributed by atoms with Gasteiger partial charge in [0.2, 0.25) is 5.82 Å². The molecule has 2 aromatic carbocycles. The van der Waals surface area contributed by atoms with Crippen LogP contribution in [-0.4, -0.2) is 61.0 Å². The van der Waals surface area contributed by atoms with Gasteiger partial charge in [-0.2, -0.15) is 4.39 Å². The molecule has 3 N–H and O–H groups in total. The molecular weight excluding hydrogens is 492 g/mol. The van der Waals surface area contributed by atoms with Crippen LogP contribution in [0.4, 0.5) is 14.5 Å². The van der Waals surface area contributed by atoms with Crippen molar-refractivity contribution in [2.75, 3.05) is 39.6 Å². The van der Waals surface area contributed by atoms with E-state index in [1.54, 1.807) is 0 Å². The Morgan fingerprint density at radius 3 is 2.56 bits per heavy atom. The fraction of sp³-hybridized carbons (Fsp3) is 0.320. The lowest BCUT2D eigenvalue weighted by Gasteiger charge is -2.10. The van der Waals surface area contributed by atoms with Crippen molar-refractivity contribution in [2.24, 2.45) is 0 Å². The number of nitrogens with zero attached hydrogens (tertiary/aromatic N) is 2. The number of methoxy groups -OCH3 is 1. The first-order valence-corrected chi connectivity index (χ1v) is 11.7. The lowest BCUT2D eigenvalue weighted by Crippen LogP contribution is -2.25. The molecule has 8 nitrogen and oxygen atoms in total. The highest BCUT2D eigenvalue weighted by Gasteiger charge is 2.19. The van der Waals surface area contributed by atoms with Crippen molar-refractivity contribution in [2.45, 2.75) is 19.3 Å². The van der Waals surface area contributed by atoms with Gasteiger partial charge in [-0.1, -0.05) is 18.0 Å². The standard InChI is InChI=1S/C25H28ClF2N5O3/c1-33(2)12-6-4-5-11-29-24(34)16-8-7-15(13-18(16)26)31-25(35)23-30-14-19(32-23)17-9-10-20(36-3)22(28)21(17)27/h7-10,13-14H,4-6,11-12H2,1-3H3,(H,29,34)(H,30,32)(H,31,35). The van der Waals surface area contributed by atoms with Crippen LogP contribution in [0.2, 0.25) is 5.02 Å². The molecule has 0 saturated carbocycles. The number of aromatic amines is 1. The van der Waals surface area contributed by atoms with Crippen LogP contribution in [0.15, 0.2) is 36.5 Å². The molecule has 0 fully saturated rings. The number of carbonyl (C=O) groups is 2. The van der Waals surface area contributed by atoms with E-state index in [9.17, 15) is 18.4 Å². The zero-order chi connectivity index (χ0) is 26.2. The summed E-state index contributed by atoms with van der Waals surface area (Å²) in [6.45, 7) is 1.55. The minimum Gasteiger partial charge on any atom is -0.494 e. The summed E-state index contributed by atoms with van der Waals surface area (Å²) in [4.78, 5) is 33.7. The van der Waals surface area contributed by atoms with Gasteiger partial charge < -0.3 is 25.3 Å². The average Bonchev–Trinajstić information content (AvgIpc) is 3.33. The number of aromatic nitrogens is 2. The molecule has 36 heavy (non-hydrogen) atoms. The van der Waals surface area contributed by atoms with E-state index in [0.29, 0.717) is 17.8 Å². The summed E-state index contributed by atoms with van der Waals surface area (Å²) in [7, 11) is 5.28. The summed E-state index contributed by atoms with van der Waals surface area (Å²) in [5, 5.41) is 5.63. The van der Waals surface area contributed by atoms with Crippen LogP contribution in [0.1, 0.15) is 40.2 Å². The molecule has 0 bridgehead atoms. The maximum absolute atomic E-state index is 14.3.